The number of nitrogens with zero attached hydrogens (tertiary/aromatic N) is 4. The summed E-state index contributed by atoms with van der Waals surface area (Å²) in [5, 5.41) is 11.1. The Labute approximate surface area is 162 Å². The van der Waals surface area contributed by atoms with E-state index in [1.165, 1.54) is 0 Å². The normalized spacial score (nSPS) is 19.1. The van der Waals surface area contributed by atoms with Crippen molar-refractivity contribution in [3.63, 3.8) is 0 Å². The fraction of sp³-hybridized carbons (Fsp3) is 0.750. The Hall–Kier alpha value is -0.870. The Balaban J connectivity index is 0.00000288. The van der Waals surface area contributed by atoms with E-state index in [0.29, 0.717) is 6.61 Å². The molecule has 1 saturated heterocycles. The predicted octanol–water partition coefficient (Wildman–Crippen LogP) is 1.37. The molecule has 0 aliphatic carbocycles. The number of hydrogen-bond acceptors (Lipinski definition) is 4. The van der Waals surface area contributed by atoms with Crippen molar-refractivity contribution in [3.8, 4) is 0 Å². The van der Waals surface area contributed by atoms with Crippen molar-refractivity contribution in [1.82, 2.24) is 25.3 Å². The van der Waals surface area contributed by atoms with E-state index in [9.17, 15) is 0 Å². The molecule has 1 aromatic heterocycles. The van der Waals surface area contributed by atoms with Crippen LogP contribution in [0, 0.1) is 0 Å². The lowest BCUT2D eigenvalue weighted by Crippen LogP contribution is -2.50. The molecule has 138 valence electrons. The first-order valence-corrected chi connectivity index (χ1v) is 8.20. The number of aliphatic imine (C=N–C) groups is 1. The molecular weight excluding hydrogens is 419 g/mol. The molecular formula is C16H31IN6O. The number of hydrogen-bond donors (Lipinski definition) is 2. The number of aromatic nitrogens is 2. The summed E-state index contributed by atoms with van der Waals surface area (Å²) >= 11 is 0. The van der Waals surface area contributed by atoms with Crippen LogP contribution in [0.2, 0.25) is 0 Å². The summed E-state index contributed by atoms with van der Waals surface area (Å²) in [5.74, 6) is 0.929. The molecule has 2 heterocycles. The summed E-state index contributed by atoms with van der Waals surface area (Å²) < 4.78 is 7.69. The third kappa shape index (κ3) is 6.56. The number of nitrogens with one attached hydrogen (secondary N) is 2. The number of aryl methyl sites for hydroxylation is 1. The number of halogens is 1. The van der Waals surface area contributed by atoms with Crippen LogP contribution in [0.1, 0.15) is 32.4 Å². The van der Waals surface area contributed by atoms with Crippen LogP contribution in [0.15, 0.2) is 17.4 Å². The average molecular weight is 450 g/mol. The predicted molar refractivity (Wildman–Crippen MR) is 108 cm³/mol. The van der Waals surface area contributed by atoms with Crippen molar-refractivity contribution in [2.24, 2.45) is 12.0 Å². The Kier molecular flexibility index (Phi) is 8.44. The third-order valence-electron chi connectivity index (χ3n) is 3.74. The summed E-state index contributed by atoms with van der Waals surface area (Å²) in [7, 11) is 3.75. The van der Waals surface area contributed by atoms with Gasteiger partial charge in [0.15, 0.2) is 5.96 Å². The van der Waals surface area contributed by atoms with Gasteiger partial charge in [0.1, 0.15) is 6.10 Å². The smallest absolute Gasteiger partial charge is 0.193 e. The molecule has 1 aromatic rings. The van der Waals surface area contributed by atoms with Gasteiger partial charge in [0.2, 0.25) is 0 Å². The highest BCUT2D eigenvalue weighted by molar-refractivity contribution is 14.0. The maximum Gasteiger partial charge on any atom is 0.193 e. The molecule has 0 saturated carbocycles. The zero-order valence-corrected chi connectivity index (χ0v) is 17.7. The van der Waals surface area contributed by atoms with Crippen molar-refractivity contribution >= 4 is 29.9 Å². The van der Waals surface area contributed by atoms with Crippen LogP contribution >= 0.6 is 24.0 Å². The van der Waals surface area contributed by atoms with Crippen molar-refractivity contribution in [2.75, 3.05) is 39.8 Å². The molecule has 0 spiro atoms. The number of guanidine groups is 1. The Morgan fingerprint density at radius 1 is 1.42 bits per heavy atom. The second kappa shape index (κ2) is 9.57. The van der Waals surface area contributed by atoms with Crippen LogP contribution in [0.5, 0.6) is 0 Å². The van der Waals surface area contributed by atoms with Gasteiger partial charge in [0.25, 0.3) is 0 Å². The molecule has 8 heteroatoms. The van der Waals surface area contributed by atoms with Gasteiger partial charge in [-0.25, -0.2) is 0 Å². The summed E-state index contributed by atoms with van der Waals surface area (Å²) in [6, 6.07) is 0. The molecule has 0 bridgehead atoms. The van der Waals surface area contributed by atoms with Gasteiger partial charge in [0, 0.05) is 51.0 Å². The standard InChI is InChI=1S/C16H30N6O.HI/c1-16(2,3)19-7-6-18-15(17-4)22-8-9-23-14(12-22)13-10-20-21(5)11-13;/h10-11,14,19H,6-9,12H2,1-5H3,(H,17,18);1H. The van der Waals surface area contributed by atoms with Crippen LogP contribution in [-0.2, 0) is 11.8 Å². The molecule has 1 aliphatic rings. The minimum absolute atomic E-state index is 0. The fourth-order valence-corrected chi connectivity index (χ4v) is 2.59. The molecule has 2 N–H and O–H groups in total. The zero-order chi connectivity index (χ0) is 16.9. The van der Waals surface area contributed by atoms with Gasteiger partial charge >= 0.3 is 0 Å². The molecule has 0 amide bonds. The SMILES string of the molecule is CN=C(NCCNC(C)(C)C)N1CCOC(c2cnn(C)c2)C1.I. The van der Waals surface area contributed by atoms with Crippen LogP contribution in [-0.4, -0.2) is 66.0 Å². The molecule has 1 fully saturated rings. The van der Waals surface area contributed by atoms with Crippen LogP contribution < -0.4 is 10.6 Å². The number of morpholine rings is 1. The highest BCUT2D eigenvalue weighted by Crippen LogP contribution is 2.21. The molecule has 2 rings (SSSR count). The maximum atomic E-state index is 5.88. The van der Waals surface area contributed by atoms with Gasteiger partial charge in [-0.2, -0.15) is 5.10 Å². The number of ether oxygens (including phenoxy) is 1. The van der Waals surface area contributed by atoms with E-state index in [0.717, 1.165) is 37.7 Å². The quantitative estimate of drug-likeness (QED) is 0.314. The number of rotatable bonds is 4. The summed E-state index contributed by atoms with van der Waals surface area (Å²) in [4.78, 5) is 6.65. The summed E-state index contributed by atoms with van der Waals surface area (Å²) in [6.45, 7) is 10.6. The molecule has 0 aromatic carbocycles. The van der Waals surface area contributed by atoms with E-state index in [1.54, 1.807) is 0 Å². The summed E-state index contributed by atoms with van der Waals surface area (Å²) in [5.41, 5.74) is 1.25. The molecule has 0 radical (unpaired) electrons. The van der Waals surface area contributed by atoms with Crippen LogP contribution in [0.3, 0.4) is 0 Å². The Morgan fingerprint density at radius 3 is 2.75 bits per heavy atom. The van der Waals surface area contributed by atoms with Gasteiger partial charge in [-0.1, -0.05) is 0 Å². The molecule has 24 heavy (non-hydrogen) atoms. The van der Waals surface area contributed by atoms with E-state index in [4.69, 9.17) is 4.74 Å². The highest BCUT2D eigenvalue weighted by atomic mass is 127. The minimum atomic E-state index is 0. The first-order chi connectivity index (χ1) is 10.9. The topological polar surface area (TPSA) is 66.7 Å². The average Bonchev–Trinajstić information content (AvgIpc) is 2.93. The minimum Gasteiger partial charge on any atom is -0.370 e. The molecule has 1 aliphatic heterocycles. The van der Waals surface area contributed by atoms with Gasteiger partial charge in [-0.15, -0.1) is 24.0 Å². The first-order valence-electron chi connectivity index (χ1n) is 8.20. The van der Waals surface area contributed by atoms with Crippen molar-refractivity contribution in [3.05, 3.63) is 18.0 Å². The van der Waals surface area contributed by atoms with Gasteiger partial charge in [0.05, 0.1) is 19.3 Å². The third-order valence-corrected chi connectivity index (χ3v) is 3.74. The van der Waals surface area contributed by atoms with E-state index < -0.39 is 0 Å². The second-order valence-electron chi connectivity index (χ2n) is 6.90. The lowest BCUT2D eigenvalue weighted by Gasteiger charge is -2.35. The largest absolute Gasteiger partial charge is 0.370 e. The van der Waals surface area contributed by atoms with Gasteiger partial charge < -0.3 is 20.3 Å². The van der Waals surface area contributed by atoms with Crippen LogP contribution in [0.25, 0.3) is 0 Å². The maximum absolute atomic E-state index is 5.88. The van der Waals surface area contributed by atoms with E-state index in [1.807, 2.05) is 31.2 Å². The van der Waals surface area contributed by atoms with Crippen molar-refractivity contribution in [1.29, 1.82) is 0 Å². The molecule has 1 unspecified atom stereocenters. The van der Waals surface area contributed by atoms with Crippen LogP contribution in [0.4, 0.5) is 0 Å². The lowest BCUT2D eigenvalue weighted by molar-refractivity contribution is -0.00801. The monoisotopic (exact) mass is 450 g/mol. The van der Waals surface area contributed by atoms with E-state index in [2.05, 4.69) is 46.4 Å². The van der Waals surface area contributed by atoms with Crippen molar-refractivity contribution in [2.45, 2.75) is 32.4 Å². The lowest BCUT2D eigenvalue weighted by atomic mass is 10.1. The molecule has 7 nitrogen and oxygen atoms in total. The Bertz CT molecular complexity index is 525. The summed E-state index contributed by atoms with van der Waals surface area (Å²) in [6.07, 6.45) is 3.93. The van der Waals surface area contributed by atoms with E-state index >= 15 is 0 Å². The fourth-order valence-electron chi connectivity index (χ4n) is 2.59. The first kappa shape index (κ1) is 21.2. The van der Waals surface area contributed by atoms with Gasteiger partial charge in [-0.05, 0) is 20.8 Å². The van der Waals surface area contributed by atoms with Crippen molar-refractivity contribution < 1.29 is 4.74 Å². The zero-order valence-electron chi connectivity index (χ0n) is 15.4. The Morgan fingerprint density at radius 2 is 2.17 bits per heavy atom. The highest BCUT2D eigenvalue weighted by Gasteiger charge is 2.25. The second-order valence-corrected chi connectivity index (χ2v) is 6.90. The molecule has 1 atom stereocenters. The van der Waals surface area contributed by atoms with E-state index in [-0.39, 0.29) is 35.6 Å². The van der Waals surface area contributed by atoms with Gasteiger partial charge in [-0.3, -0.25) is 9.67 Å².